The van der Waals surface area contributed by atoms with Gasteiger partial charge >= 0.3 is 11.9 Å². The molecule has 15 heteroatoms. The lowest BCUT2D eigenvalue weighted by Gasteiger charge is -2.42. The van der Waals surface area contributed by atoms with E-state index in [0.717, 1.165) is 38.5 Å². The number of aliphatic hydroxyl groups excluding tert-OH is 7. The van der Waals surface area contributed by atoms with Gasteiger partial charge in [-0.3, -0.25) is 9.59 Å². The van der Waals surface area contributed by atoms with Gasteiger partial charge in [-0.25, -0.2) is 0 Å². The summed E-state index contributed by atoms with van der Waals surface area (Å²) in [5, 5.41) is 72.5. The van der Waals surface area contributed by atoms with Crippen LogP contribution in [0.25, 0.3) is 0 Å². The van der Waals surface area contributed by atoms with Crippen LogP contribution in [0.15, 0.2) is 0 Å². The van der Waals surface area contributed by atoms with Crippen LogP contribution in [0.5, 0.6) is 0 Å². The molecule has 0 spiro atoms. The highest BCUT2D eigenvalue weighted by Gasteiger charge is 2.47. The predicted molar refractivity (Wildman–Crippen MR) is 312 cm³/mol. The second-order valence-corrected chi connectivity index (χ2v) is 23.7. The summed E-state index contributed by atoms with van der Waals surface area (Å²) in [6.45, 7) is 2.69. The van der Waals surface area contributed by atoms with Crippen LogP contribution in [0.3, 0.4) is 0 Å². The van der Waals surface area contributed by atoms with E-state index in [0.29, 0.717) is 12.8 Å². The van der Waals surface area contributed by atoms with E-state index in [9.17, 15) is 45.3 Å². The summed E-state index contributed by atoms with van der Waals surface area (Å²) in [4.78, 5) is 26.0. The zero-order valence-corrected chi connectivity index (χ0v) is 50.4. The monoisotopic (exact) mass is 1130 g/mol. The van der Waals surface area contributed by atoms with Crippen LogP contribution in [0.4, 0.5) is 0 Å². The maximum atomic E-state index is 13.1. The molecular formula is C64H122O15. The normalized spacial score (nSPS) is 23.8. The molecule has 0 aliphatic carbocycles. The fourth-order valence-electron chi connectivity index (χ4n) is 11.0. The molecule has 2 aliphatic heterocycles. The SMILES string of the molecule is CCCCCCCCCCCCCCCCCCCCCCCCCCC(=O)OC(COC(=O)CCCCCCCCCCCCCCCCCCCCC)COC1OC(COC2OC(CO)C(O)C(O)C2O)C(O)C(O)C1O. The minimum Gasteiger partial charge on any atom is -0.462 e. The first-order valence-corrected chi connectivity index (χ1v) is 33.1. The van der Waals surface area contributed by atoms with Crippen LogP contribution < -0.4 is 0 Å². The number of aliphatic hydroxyl groups is 7. The summed E-state index contributed by atoms with van der Waals surface area (Å²) in [5.41, 5.74) is 0. The lowest BCUT2D eigenvalue weighted by atomic mass is 9.98. The second-order valence-electron chi connectivity index (χ2n) is 23.7. The van der Waals surface area contributed by atoms with Crippen molar-refractivity contribution < 1.29 is 73.8 Å². The molecule has 11 atom stereocenters. The predicted octanol–water partition coefficient (Wildman–Crippen LogP) is 12.7. The van der Waals surface area contributed by atoms with E-state index in [2.05, 4.69) is 13.8 Å². The zero-order chi connectivity index (χ0) is 57.4. The van der Waals surface area contributed by atoms with E-state index in [1.807, 2.05) is 0 Å². The Morgan fingerprint density at radius 2 is 0.646 bits per heavy atom. The maximum absolute atomic E-state index is 13.1. The first-order valence-electron chi connectivity index (χ1n) is 33.1. The molecule has 2 heterocycles. The number of esters is 2. The minimum atomic E-state index is -1.76. The van der Waals surface area contributed by atoms with Gasteiger partial charge in [-0.15, -0.1) is 0 Å². The van der Waals surface area contributed by atoms with E-state index in [-0.39, 0.29) is 26.1 Å². The van der Waals surface area contributed by atoms with Gasteiger partial charge in [0.1, 0.15) is 55.4 Å². The van der Waals surface area contributed by atoms with Crippen molar-refractivity contribution in [1.29, 1.82) is 0 Å². The van der Waals surface area contributed by atoms with Crippen LogP contribution in [0.2, 0.25) is 0 Å². The van der Waals surface area contributed by atoms with Crippen molar-refractivity contribution in [2.45, 2.75) is 370 Å². The highest BCUT2D eigenvalue weighted by atomic mass is 16.7. The molecule has 0 aromatic carbocycles. The average molecular weight is 1130 g/mol. The number of ether oxygens (including phenoxy) is 6. The first kappa shape index (κ1) is 73.6. The topological polar surface area (TPSA) is 231 Å². The van der Waals surface area contributed by atoms with Crippen molar-refractivity contribution in [2.24, 2.45) is 0 Å². The number of unbranched alkanes of at least 4 members (excludes halogenated alkanes) is 41. The maximum Gasteiger partial charge on any atom is 0.306 e. The molecular weight excluding hydrogens is 1010 g/mol. The van der Waals surface area contributed by atoms with Crippen molar-refractivity contribution in [2.75, 3.05) is 26.4 Å². The summed E-state index contributed by atoms with van der Waals surface area (Å²) >= 11 is 0. The third-order valence-electron chi connectivity index (χ3n) is 16.3. The molecule has 0 radical (unpaired) electrons. The van der Waals surface area contributed by atoms with Gasteiger partial charge in [0.25, 0.3) is 0 Å². The summed E-state index contributed by atoms with van der Waals surface area (Å²) < 4.78 is 33.8. The Kier molecular flexibility index (Phi) is 47.5. The van der Waals surface area contributed by atoms with Gasteiger partial charge in [-0.05, 0) is 12.8 Å². The van der Waals surface area contributed by atoms with Crippen LogP contribution in [-0.4, -0.2) is 142 Å². The second kappa shape index (κ2) is 51.0. The number of carbonyl (C=O) groups excluding carboxylic acids is 2. The number of hydrogen-bond acceptors (Lipinski definition) is 15. The lowest BCUT2D eigenvalue weighted by Crippen LogP contribution is -2.61. The van der Waals surface area contributed by atoms with Gasteiger partial charge in [-0.2, -0.15) is 0 Å². The molecule has 11 unspecified atom stereocenters. The summed E-state index contributed by atoms with van der Waals surface area (Å²) in [6, 6.07) is 0. The van der Waals surface area contributed by atoms with E-state index in [4.69, 9.17) is 28.4 Å². The van der Waals surface area contributed by atoms with Crippen molar-refractivity contribution in [3.8, 4) is 0 Å². The van der Waals surface area contributed by atoms with Gasteiger partial charge in [0.2, 0.25) is 0 Å². The first-order chi connectivity index (χ1) is 38.5. The van der Waals surface area contributed by atoms with Crippen LogP contribution in [0.1, 0.15) is 303 Å². The highest BCUT2D eigenvalue weighted by Crippen LogP contribution is 2.27. The quantitative estimate of drug-likeness (QED) is 0.0222. The fraction of sp³-hybridized carbons (Fsp3) is 0.969. The van der Waals surface area contributed by atoms with E-state index in [1.54, 1.807) is 0 Å². The van der Waals surface area contributed by atoms with Crippen molar-refractivity contribution in [3.63, 3.8) is 0 Å². The number of carbonyl (C=O) groups is 2. The Morgan fingerprint density at radius 3 is 0.987 bits per heavy atom. The van der Waals surface area contributed by atoms with Crippen molar-refractivity contribution >= 4 is 11.9 Å². The zero-order valence-electron chi connectivity index (χ0n) is 50.4. The number of rotatable bonds is 55. The number of hydrogen-bond donors (Lipinski definition) is 7. The molecule has 0 aromatic rings. The highest BCUT2D eigenvalue weighted by molar-refractivity contribution is 5.70. The lowest BCUT2D eigenvalue weighted by molar-refractivity contribution is -0.332. The molecule has 2 saturated heterocycles. The van der Waals surface area contributed by atoms with Gasteiger partial charge in [-0.1, -0.05) is 277 Å². The van der Waals surface area contributed by atoms with Gasteiger partial charge in [0, 0.05) is 12.8 Å². The molecule has 468 valence electrons. The van der Waals surface area contributed by atoms with Crippen LogP contribution in [0, 0.1) is 0 Å². The van der Waals surface area contributed by atoms with Gasteiger partial charge in [0.05, 0.1) is 19.8 Å². The summed E-state index contributed by atoms with van der Waals surface area (Å²) in [7, 11) is 0. The molecule has 0 bridgehead atoms. The molecule has 0 saturated carbocycles. The molecule has 79 heavy (non-hydrogen) atoms. The van der Waals surface area contributed by atoms with Crippen LogP contribution in [-0.2, 0) is 38.0 Å². The summed E-state index contributed by atoms with van der Waals surface area (Å²) in [5.74, 6) is -0.899. The molecule has 2 aliphatic rings. The van der Waals surface area contributed by atoms with Gasteiger partial charge in [0.15, 0.2) is 18.7 Å². The molecule has 7 N–H and O–H groups in total. The molecule has 2 fully saturated rings. The Hall–Kier alpha value is -1.50. The molecule has 0 amide bonds. The standard InChI is InChI=1S/C64H122O15/c1-3-5-7-9-11-13-15-17-19-21-23-24-25-26-27-29-31-33-35-37-39-41-43-45-47-56(67)77-52(49-74-55(66)46-44-42-40-38-36-34-32-30-28-22-20-18-16-14-12-10-8-6-4-2)50-75-63-62(73)60(71)58(69)54(79-63)51-76-64-61(72)59(70)57(68)53(48-65)78-64/h52-54,57-65,68-73H,3-51H2,1-2H3. The molecule has 0 aromatic heterocycles. The minimum absolute atomic E-state index is 0.174. The summed E-state index contributed by atoms with van der Waals surface area (Å²) in [6.07, 6.45) is 38.4. The van der Waals surface area contributed by atoms with Crippen molar-refractivity contribution in [1.82, 2.24) is 0 Å². The Balaban J connectivity index is 1.68. The van der Waals surface area contributed by atoms with Crippen LogP contribution >= 0.6 is 0 Å². The average Bonchev–Trinajstić information content (AvgIpc) is 3.53. The third kappa shape index (κ3) is 37.4. The van der Waals surface area contributed by atoms with E-state index in [1.165, 1.54) is 225 Å². The smallest absolute Gasteiger partial charge is 0.306 e. The Labute approximate surface area is 480 Å². The largest absolute Gasteiger partial charge is 0.462 e. The molecule has 15 nitrogen and oxygen atoms in total. The van der Waals surface area contributed by atoms with E-state index < -0.39 is 92.7 Å². The van der Waals surface area contributed by atoms with E-state index >= 15 is 0 Å². The Bertz CT molecular complexity index is 1370. The van der Waals surface area contributed by atoms with Gasteiger partial charge < -0.3 is 64.2 Å². The van der Waals surface area contributed by atoms with Crippen molar-refractivity contribution in [3.05, 3.63) is 0 Å². The molecule has 2 rings (SSSR count). The fourth-order valence-corrected chi connectivity index (χ4v) is 11.0. The Morgan fingerprint density at radius 1 is 0.354 bits per heavy atom. The third-order valence-corrected chi connectivity index (χ3v) is 16.3.